The molecular formula is C20H26Si2. The van der Waals surface area contributed by atoms with Crippen LogP contribution in [0.5, 0.6) is 0 Å². The zero-order valence-corrected chi connectivity index (χ0v) is 16.6. The Morgan fingerprint density at radius 1 is 0.818 bits per heavy atom. The molecule has 3 rings (SSSR count). The maximum absolute atomic E-state index is 2.52. The summed E-state index contributed by atoms with van der Waals surface area (Å²) in [5, 5.41) is 5.01. The lowest BCUT2D eigenvalue weighted by Crippen LogP contribution is -2.40. The third kappa shape index (κ3) is 2.35. The molecule has 0 N–H and O–H groups in total. The lowest BCUT2D eigenvalue weighted by atomic mass is 10.1. The highest BCUT2D eigenvalue weighted by Crippen LogP contribution is 2.44. The van der Waals surface area contributed by atoms with E-state index in [2.05, 4.69) is 88.2 Å². The van der Waals surface area contributed by atoms with Crippen LogP contribution in [0, 0.1) is 6.92 Å². The summed E-state index contributed by atoms with van der Waals surface area (Å²) < 4.78 is 0. The highest BCUT2D eigenvalue weighted by Gasteiger charge is 2.43. The third-order valence-electron chi connectivity index (χ3n) is 4.83. The van der Waals surface area contributed by atoms with E-state index >= 15 is 0 Å². The van der Waals surface area contributed by atoms with Crippen LogP contribution in [0.25, 0.3) is 10.4 Å². The first-order chi connectivity index (χ1) is 10.2. The van der Waals surface area contributed by atoms with Gasteiger partial charge in [0, 0.05) is 0 Å². The summed E-state index contributed by atoms with van der Waals surface area (Å²) in [6.45, 7) is 14.7. The summed E-state index contributed by atoms with van der Waals surface area (Å²) in [5.41, 5.74) is 4.35. The quantitative estimate of drug-likeness (QED) is 0.662. The van der Waals surface area contributed by atoms with Crippen LogP contribution in [0.15, 0.2) is 48.5 Å². The van der Waals surface area contributed by atoms with Crippen LogP contribution in [-0.4, -0.2) is 16.1 Å². The molecule has 0 bridgehead atoms. The maximum atomic E-state index is 2.52. The van der Waals surface area contributed by atoms with Gasteiger partial charge in [-0.25, -0.2) is 0 Å². The molecule has 2 aromatic rings. The van der Waals surface area contributed by atoms with Crippen LogP contribution in [0.3, 0.4) is 0 Å². The Balaban J connectivity index is 2.35. The van der Waals surface area contributed by atoms with E-state index < -0.39 is 16.1 Å². The van der Waals surface area contributed by atoms with Crippen molar-refractivity contribution in [2.24, 2.45) is 0 Å². The molecule has 2 aromatic carbocycles. The van der Waals surface area contributed by atoms with Crippen molar-refractivity contribution in [2.75, 3.05) is 0 Å². The number of hydrogen-bond donors (Lipinski definition) is 0. The summed E-state index contributed by atoms with van der Waals surface area (Å²) in [5.74, 6) is 0. The van der Waals surface area contributed by atoms with Gasteiger partial charge in [0.2, 0.25) is 0 Å². The molecule has 0 atom stereocenters. The second-order valence-corrected chi connectivity index (χ2v) is 17.3. The smallest absolute Gasteiger partial charge is 0.0656 e. The minimum absolute atomic E-state index is 1.34. The van der Waals surface area contributed by atoms with Gasteiger partial charge in [-0.15, -0.1) is 0 Å². The molecule has 0 unspecified atom stereocenters. The van der Waals surface area contributed by atoms with Crippen molar-refractivity contribution >= 4 is 31.7 Å². The first-order valence-corrected chi connectivity index (χ1v) is 14.6. The SMILES string of the molecule is Cc1ccc(C2=C([Si](C)(C)C)c3ccccc3[Si]2(C)C)cc1. The first-order valence-electron chi connectivity index (χ1n) is 8.15. The standard InChI is InChI=1S/C20H26Si2/c1-15-11-13-16(14-12-15)19-20(21(2,3)4)17-9-7-8-10-18(17)22(19,5)6/h7-14H,1-6H3. The highest BCUT2D eigenvalue weighted by molar-refractivity contribution is 7.13. The van der Waals surface area contributed by atoms with Gasteiger partial charge in [0.25, 0.3) is 0 Å². The molecule has 1 heterocycles. The Labute approximate surface area is 136 Å². The Bertz CT molecular complexity index is 744. The maximum Gasteiger partial charge on any atom is 0.113 e. The largest absolute Gasteiger partial charge is 0.113 e. The number of fused-ring (bicyclic) bond motifs is 1. The Morgan fingerprint density at radius 3 is 2.00 bits per heavy atom. The van der Waals surface area contributed by atoms with Crippen LogP contribution in [0.4, 0.5) is 0 Å². The fourth-order valence-electron chi connectivity index (χ4n) is 3.83. The van der Waals surface area contributed by atoms with E-state index in [-0.39, 0.29) is 0 Å². The van der Waals surface area contributed by atoms with Gasteiger partial charge in [-0.3, -0.25) is 0 Å². The first kappa shape index (κ1) is 15.5. The van der Waals surface area contributed by atoms with Gasteiger partial charge in [0.05, 0.1) is 8.07 Å². The molecule has 0 saturated heterocycles. The minimum atomic E-state index is -1.61. The van der Waals surface area contributed by atoms with Gasteiger partial charge >= 0.3 is 0 Å². The predicted octanol–water partition coefficient (Wildman–Crippen LogP) is 5.25. The molecular weight excluding hydrogens is 296 g/mol. The minimum Gasteiger partial charge on any atom is -0.0656 e. The average Bonchev–Trinajstić information content (AvgIpc) is 2.68. The Hall–Kier alpha value is -1.39. The number of hydrogen-bond acceptors (Lipinski definition) is 0. The van der Waals surface area contributed by atoms with E-state index in [1.807, 2.05) is 0 Å². The Morgan fingerprint density at radius 2 is 1.41 bits per heavy atom. The van der Waals surface area contributed by atoms with Crippen LogP contribution < -0.4 is 5.19 Å². The van der Waals surface area contributed by atoms with Gasteiger partial charge in [-0.05, 0) is 28.4 Å². The molecule has 0 radical (unpaired) electrons. The van der Waals surface area contributed by atoms with Gasteiger partial charge in [0.15, 0.2) is 0 Å². The fourth-order valence-corrected chi connectivity index (χ4v) is 11.3. The summed E-state index contributed by atoms with van der Waals surface area (Å²) in [6.07, 6.45) is 0. The van der Waals surface area contributed by atoms with E-state index in [0.29, 0.717) is 0 Å². The molecule has 114 valence electrons. The van der Waals surface area contributed by atoms with E-state index in [1.165, 1.54) is 11.1 Å². The molecule has 0 spiro atoms. The zero-order valence-electron chi connectivity index (χ0n) is 14.6. The van der Waals surface area contributed by atoms with Gasteiger partial charge < -0.3 is 0 Å². The van der Waals surface area contributed by atoms with Crippen LogP contribution >= 0.6 is 0 Å². The molecule has 22 heavy (non-hydrogen) atoms. The number of aryl methyl sites for hydroxylation is 1. The predicted molar refractivity (Wildman–Crippen MR) is 105 cm³/mol. The van der Waals surface area contributed by atoms with E-state index in [9.17, 15) is 0 Å². The summed E-state index contributed by atoms with van der Waals surface area (Å²) in [7, 11) is -3.02. The van der Waals surface area contributed by atoms with Crippen molar-refractivity contribution in [1.29, 1.82) is 0 Å². The lowest BCUT2D eigenvalue weighted by Gasteiger charge is -2.26. The molecule has 0 fully saturated rings. The normalized spacial score (nSPS) is 16.8. The van der Waals surface area contributed by atoms with E-state index in [0.717, 1.165) is 0 Å². The van der Waals surface area contributed by atoms with Crippen molar-refractivity contribution in [3.8, 4) is 0 Å². The highest BCUT2D eigenvalue weighted by atomic mass is 28.3. The monoisotopic (exact) mass is 322 g/mol. The van der Waals surface area contributed by atoms with Crippen LogP contribution in [0.2, 0.25) is 32.7 Å². The summed E-state index contributed by atoms with van der Waals surface area (Å²) in [6, 6.07) is 18.4. The van der Waals surface area contributed by atoms with Gasteiger partial charge in [-0.2, -0.15) is 0 Å². The second kappa shape index (κ2) is 5.07. The average molecular weight is 323 g/mol. The molecule has 0 aliphatic carbocycles. The molecule has 2 heteroatoms. The molecule has 1 aliphatic heterocycles. The third-order valence-corrected chi connectivity index (χ3v) is 10.7. The molecule has 0 aromatic heterocycles. The van der Waals surface area contributed by atoms with Crippen molar-refractivity contribution in [2.45, 2.75) is 39.7 Å². The summed E-state index contributed by atoms with van der Waals surface area (Å²) >= 11 is 0. The van der Waals surface area contributed by atoms with E-state index in [4.69, 9.17) is 0 Å². The Kier molecular flexibility index (Phi) is 3.57. The summed E-state index contributed by atoms with van der Waals surface area (Å²) in [4.78, 5) is 0. The van der Waals surface area contributed by atoms with Crippen molar-refractivity contribution in [1.82, 2.24) is 0 Å². The van der Waals surface area contributed by atoms with E-state index in [1.54, 1.807) is 21.1 Å². The number of benzene rings is 2. The molecule has 0 nitrogen and oxygen atoms in total. The second-order valence-electron chi connectivity index (χ2n) is 8.04. The van der Waals surface area contributed by atoms with Crippen LogP contribution in [-0.2, 0) is 0 Å². The topological polar surface area (TPSA) is 0 Å². The van der Waals surface area contributed by atoms with Crippen LogP contribution in [0.1, 0.15) is 16.7 Å². The van der Waals surface area contributed by atoms with Crippen molar-refractivity contribution < 1.29 is 0 Å². The van der Waals surface area contributed by atoms with Gasteiger partial charge in [-0.1, -0.05) is 92.0 Å². The van der Waals surface area contributed by atoms with Gasteiger partial charge in [0.1, 0.15) is 8.07 Å². The molecule has 0 amide bonds. The fraction of sp³-hybridized carbons (Fsp3) is 0.300. The molecule has 1 aliphatic rings. The van der Waals surface area contributed by atoms with Crippen molar-refractivity contribution in [3.05, 3.63) is 65.2 Å². The number of rotatable bonds is 2. The molecule has 0 saturated carbocycles. The lowest BCUT2D eigenvalue weighted by molar-refractivity contribution is 1.46. The van der Waals surface area contributed by atoms with Crippen molar-refractivity contribution in [3.63, 3.8) is 0 Å². The zero-order chi connectivity index (χ0) is 16.1.